The lowest BCUT2D eigenvalue weighted by Crippen LogP contribution is -1.85. The molecule has 0 saturated carbocycles. The van der Waals surface area contributed by atoms with Gasteiger partial charge in [-0.15, -0.1) is 0 Å². The number of hydrogen-bond donors (Lipinski definition) is 1. The fourth-order valence-electron chi connectivity index (χ4n) is 0.882. The summed E-state index contributed by atoms with van der Waals surface area (Å²) in [6, 6.07) is 5.20. The van der Waals surface area contributed by atoms with Gasteiger partial charge in [0.2, 0.25) is 0 Å². The van der Waals surface area contributed by atoms with E-state index < -0.39 is 0 Å². The van der Waals surface area contributed by atoms with Crippen molar-refractivity contribution in [1.29, 1.82) is 0 Å². The van der Waals surface area contributed by atoms with Gasteiger partial charge in [0.25, 0.3) is 0 Å². The minimum absolute atomic E-state index is 0.249. The smallest absolute Gasteiger partial charge is 0.122 e. The van der Waals surface area contributed by atoms with Crippen LogP contribution in [0.4, 0.5) is 0 Å². The van der Waals surface area contributed by atoms with Crippen molar-refractivity contribution in [3.05, 3.63) is 30.7 Å². The average Bonchev–Trinajstić information content (AvgIpc) is 2.04. The summed E-state index contributed by atoms with van der Waals surface area (Å²) in [6.07, 6.45) is 0.593. The van der Waals surface area contributed by atoms with Crippen LogP contribution in [0.5, 0.6) is 11.5 Å². The molecule has 0 aromatic heterocycles. The Morgan fingerprint density at radius 2 is 2.27 bits per heavy atom. The third-order valence-electron chi connectivity index (χ3n) is 1.56. The number of benzene rings is 1. The van der Waals surface area contributed by atoms with Gasteiger partial charge in [-0.2, -0.15) is 0 Å². The van der Waals surface area contributed by atoms with Crippen LogP contribution in [0.15, 0.2) is 18.2 Å². The van der Waals surface area contributed by atoms with E-state index in [0.29, 0.717) is 12.2 Å². The van der Waals surface area contributed by atoms with Gasteiger partial charge in [0.1, 0.15) is 11.5 Å². The molecule has 1 N–H and O–H groups in total. The second kappa shape index (κ2) is 3.28. The predicted octanol–water partition coefficient (Wildman–Crippen LogP) is 1.78. The van der Waals surface area contributed by atoms with Crippen molar-refractivity contribution in [3.8, 4) is 11.5 Å². The van der Waals surface area contributed by atoms with Crippen LogP contribution in [0.2, 0.25) is 0 Å². The molecule has 0 spiro atoms. The van der Waals surface area contributed by atoms with Gasteiger partial charge in [-0.1, -0.05) is 6.07 Å². The zero-order valence-corrected chi connectivity index (χ0v) is 6.50. The Morgan fingerprint density at radius 3 is 2.73 bits per heavy atom. The molecule has 0 aliphatic carbocycles. The van der Waals surface area contributed by atoms with Crippen LogP contribution in [-0.2, 0) is 6.42 Å². The van der Waals surface area contributed by atoms with E-state index in [1.807, 2.05) is 0 Å². The largest absolute Gasteiger partial charge is 0.508 e. The molecule has 0 bridgehead atoms. The number of hydrogen-bond acceptors (Lipinski definition) is 2. The first-order valence-electron chi connectivity index (χ1n) is 3.43. The summed E-state index contributed by atoms with van der Waals surface area (Å²) in [4.78, 5) is 0. The molecular formula is C9H11O2. The highest BCUT2D eigenvalue weighted by Crippen LogP contribution is 2.23. The van der Waals surface area contributed by atoms with Gasteiger partial charge in [-0.25, -0.2) is 0 Å². The first-order valence-corrected chi connectivity index (χ1v) is 3.43. The second-order valence-corrected chi connectivity index (χ2v) is 2.24. The van der Waals surface area contributed by atoms with Crippen LogP contribution in [0.25, 0.3) is 0 Å². The number of phenolic OH excluding ortho intramolecular Hbond substituents is 1. The van der Waals surface area contributed by atoms with E-state index in [0.717, 1.165) is 5.56 Å². The molecule has 1 aromatic rings. The van der Waals surface area contributed by atoms with Gasteiger partial charge in [0.15, 0.2) is 0 Å². The van der Waals surface area contributed by atoms with Crippen LogP contribution in [0, 0.1) is 6.92 Å². The lowest BCUT2D eigenvalue weighted by molar-refractivity contribution is 0.406. The number of rotatable bonds is 2. The monoisotopic (exact) mass is 151 g/mol. The maximum atomic E-state index is 9.30. The normalized spacial score (nSPS) is 9.64. The van der Waals surface area contributed by atoms with Gasteiger partial charge in [-0.05, 0) is 25.0 Å². The SMILES string of the molecule is [CH2]Cc1ccc(OC)cc1O. The Kier molecular flexibility index (Phi) is 2.36. The predicted molar refractivity (Wildman–Crippen MR) is 43.7 cm³/mol. The molecule has 59 valence electrons. The highest BCUT2D eigenvalue weighted by molar-refractivity contribution is 5.39. The van der Waals surface area contributed by atoms with Crippen LogP contribution in [-0.4, -0.2) is 12.2 Å². The van der Waals surface area contributed by atoms with Crippen molar-refractivity contribution in [3.63, 3.8) is 0 Å². The minimum Gasteiger partial charge on any atom is -0.508 e. The number of methoxy groups -OCH3 is 1. The molecule has 1 aromatic carbocycles. The quantitative estimate of drug-likeness (QED) is 0.698. The van der Waals surface area contributed by atoms with E-state index in [1.165, 1.54) is 0 Å². The highest BCUT2D eigenvalue weighted by Gasteiger charge is 1.99. The lowest BCUT2D eigenvalue weighted by Gasteiger charge is -2.03. The molecular weight excluding hydrogens is 140 g/mol. The molecule has 1 rings (SSSR count). The molecule has 0 fully saturated rings. The maximum absolute atomic E-state index is 9.30. The topological polar surface area (TPSA) is 29.5 Å². The first-order chi connectivity index (χ1) is 5.27. The summed E-state index contributed by atoms with van der Waals surface area (Å²) >= 11 is 0. The van der Waals surface area contributed by atoms with Gasteiger partial charge in [0, 0.05) is 6.07 Å². The fourth-order valence-corrected chi connectivity index (χ4v) is 0.882. The summed E-state index contributed by atoms with van der Waals surface area (Å²) in [5.74, 6) is 0.916. The standard InChI is InChI=1S/C9H11O2/c1-3-7-4-5-8(11-2)6-9(7)10/h4-6,10H,1,3H2,2H3. The summed E-state index contributed by atoms with van der Waals surface area (Å²) in [6.45, 7) is 3.67. The number of aromatic hydroxyl groups is 1. The third-order valence-corrected chi connectivity index (χ3v) is 1.56. The Balaban J connectivity index is 2.99. The molecule has 2 heteroatoms. The van der Waals surface area contributed by atoms with Crippen molar-refractivity contribution in [2.24, 2.45) is 0 Å². The summed E-state index contributed by atoms with van der Waals surface area (Å²) < 4.78 is 4.91. The van der Waals surface area contributed by atoms with Crippen LogP contribution in [0.3, 0.4) is 0 Å². The van der Waals surface area contributed by atoms with E-state index in [1.54, 1.807) is 25.3 Å². The summed E-state index contributed by atoms with van der Waals surface area (Å²) in [7, 11) is 1.57. The second-order valence-electron chi connectivity index (χ2n) is 2.24. The molecule has 0 saturated heterocycles. The molecule has 2 nitrogen and oxygen atoms in total. The maximum Gasteiger partial charge on any atom is 0.122 e. The first kappa shape index (κ1) is 7.92. The van der Waals surface area contributed by atoms with Crippen LogP contribution >= 0.6 is 0 Å². The molecule has 11 heavy (non-hydrogen) atoms. The zero-order chi connectivity index (χ0) is 8.27. The molecule has 0 unspecified atom stereocenters. The number of ether oxygens (including phenoxy) is 1. The Morgan fingerprint density at radius 1 is 1.55 bits per heavy atom. The molecule has 0 heterocycles. The van der Waals surface area contributed by atoms with E-state index >= 15 is 0 Å². The van der Waals surface area contributed by atoms with Crippen LogP contribution < -0.4 is 4.74 Å². The van der Waals surface area contributed by atoms with E-state index in [-0.39, 0.29) is 5.75 Å². The summed E-state index contributed by atoms with van der Waals surface area (Å²) in [5.41, 5.74) is 0.839. The van der Waals surface area contributed by atoms with Crippen molar-refractivity contribution >= 4 is 0 Å². The van der Waals surface area contributed by atoms with E-state index in [4.69, 9.17) is 4.74 Å². The Bertz CT molecular complexity index is 243. The molecule has 0 atom stereocenters. The molecule has 0 aliphatic rings. The van der Waals surface area contributed by atoms with Crippen LogP contribution in [0.1, 0.15) is 5.56 Å². The van der Waals surface area contributed by atoms with Gasteiger partial charge in [-0.3, -0.25) is 0 Å². The average molecular weight is 151 g/mol. The Labute approximate surface area is 66.4 Å². The third kappa shape index (κ3) is 1.64. The van der Waals surface area contributed by atoms with Gasteiger partial charge < -0.3 is 9.84 Å². The summed E-state index contributed by atoms with van der Waals surface area (Å²) in [5, 5.41) is 9.30. The molecule has 0 amide bonds. The van der Waals surface area contributed by atoms with Crippen molar-refractivity contribution in [1.82, 2.24) is 0 Å². The lowest BCUT2D eigenvalue weighted by atomic mass is 10.1. The fraction of sp³-hybridized carbons (Fsp3) is 0.222. The van der Waals surface area contributed by atoms with Crippen molar-refractivity contribution in [2.75, 3.05) is 7.11 Å². The van der Waals surface area contributed by atoms with Crippen molar-refractivity contribution < 1.29 is 9.84 Å². The number of phenols is 1. The highest BCUT2D eigenvalue weighted by atomic mass is 16.5. The molecule has 0 aliphatic heterocycles. The zero-order valence-electron chi connectivity index (χ0n) is 6.50. The van der Waals surface area contributed by atoms with Crippen molar-refractivity contribution in [2.45, 2.75) is 6.42 Å². The molecule has 1 radical (unpaired) electrons. The Hall–Kier alpha value is -1.18. The van der Waals surface area contributed by atoms with Gasteiger partial charge in [0.05, 0.1) is 7.11 Å². The van der Waals surface area contributed by atoms with E-state index in [9.17, 15) is 5.11 Å². The van der Waals surface area contributed by atoms with E-state index in [2.05, 4.69) is 6.92 Å². The van der Waals surface area contributed by atoms with Gasteiger partial charge >= 0.3 is 0 Å². The minimum atomic E-state index is 0.249.